The van der Waals surface area contributed by atoms with Crippen LogP contribution in [0.2, 0.25) is 0 Å². The zero-order valence-corrected chi connectivity index (χ0v) is 35.4. The molecular formula is C43H49F2N11O4S. The van der Waals surface area contributed by atoms with Crippen molar-refractivity contribution in [3.8, 4) is 6.07 Å². The van der Waals surface area contributed by atoms with E-state index in [1.807, 2.05) is 29.6 Å². The maximum absolute atomic E-state index is 13.8. The van der Waals surface area contributed by atoms with Gasteiger partial charge in [0.2, 0.25) is 5.95 Å². The lowest BCUT2D eigenvalue weighted by molar-refractivity contribution is -0.107. The molecule has 2 aromatic carbocycles. The lowest BCUT2D eigenvalue weighted by Gasteiger charge is -2.32. The number of nitriles is 1. The molecule has 0 bridgehead atoms. The smallest absolute Gasteiger partial charge is 0.322 e. The summed E-state index contributed by atoms with van der Waals surface area (Å²) in [5, 5.41) is 21.7. The number of carbonyl (C=O) groups excluding carboxylic acids is 2. The van der Waals surface area contributed by atoms with Gasteiger partial charge in [0.15, 0.2) is 5.82 Å². The van der Waals surface area contributed by atoms with Crippen LogP contribution in [0.5, 0.6) is 0 Å². The number of halogens is 2. The number of nitrogens with zero attached hydrogens (tertiary/aromatic N) is 9. The third-order valence-electron chi connectivity index (χ3n) is 11.6. The largest absolute Gasteiger partial charge is 0.351 e. The Labute approximate surface area is 354 Å². The van der Waals surface area contributed by atoms with Gasteiger partial charge in [-0.2, -0.15) is 15.3 Å². The van der Waals surface area contributed by atoms with Crippen molar-refractivity contribution in [3.63, 3.8) is 0 Å². The van der Waals surface area contributed by atoms with Crippen LogP contribution in [0.4, 0.5) is 25.3 Å². The lowest BCUT2D eigenvalue weighted by Crippen LogP contribution is -2.40. The average molecular weight is 854 g/mol. The Kier molecular flexibility index (Phi) is 13.3. The topological polar surface area (TPSA) is 174 Å². The number of amides is 2. The molecule has 18 heteroatoms. The standard InChI is InChI=1S/C43H49F2N11O4S/c1-27(26-54-15-10-28(11-16-54)29-7-9-35-37(23-29)53(4)51-40(35)56(14-5-19-57)43(59)47-2)20-31-21-34(8-6-30(31)24-46)61(60)55-17-12-33(13-18-55)49-42-48-25-32-22-36(38(44)45)41(58)52(3)39(32)50-42/h6-9,19-23,25,28,33,38H,5,10-18,26H2,1-4H3,(H,47,59)(H,48,49,50)/b27-20+. The second kappa shape index (κ2) is 18.8. The number of alkyl halides is 2. The number of aldehydes is 1. The van der Waals surface area contributed by atoms with Gasteiger partial charge >= 0.3 is 6.03 Å². The molecule has 0 aliphatic carbocycles. The van der Waals surface area contributed by atoms with Crippen molar-refractivity contribution in [2.75, 3.05) is 56.5 Å². The van der Waals surface area contributed by atoms with Crippen molar-refractivity contribution in [3.05, 3.63) is 86.8 Å². The summed E-state index contributed by atoms with van der Waals surface area (Å²) in [7, 11) is 3.37. The summed E-state index contributed by atoms with van der Waals surface area (Å²) in [5.74, 6) is 1.17. The summed E-state index contributed by atoms with van der Waals surface area (Å²) >= 11 is 0. The summed E-state index contributed by atoms with van der Waals surface area (Å²) in [4.78, 5) is 49.4. The fourth-order valence-electron chi connectivity index (χ4n) is 8.28. The molecule has 2 saturated heterocycles. The van der Waals surface area contributed by atoms with Gasteiger partial charge in [0.05, 0.1) is 27.6 Å². The average Bonchev–Trinajstić information content (AvgIpc) is 3.59. The third kappa shape index (κ3) is 9.38. The molecule has 0 saturated carbocycles. The Morgan fingerprint density at radius 2 is 1.84 bits per heavy atom. The van der Waals surface area contributed by atoms with Crippen molar-refractivity contribution in [1.82, 2.24) is 38.8 Å². The molecule has 5 aromatic rings. The lowest BCUT2D eigenvalue weighted by atomic mass is 9.88. The molecule has 0 radical (unpaired) electrons. The molecule has 1 atom stereocenters. The fraction of sp³-hybridized carbons (Fsp3) is 0.419. The maximum Gasteiger partial charge on any atom is 0.322 e. The molecule has 1 unspecified atom stereocenters. The summed E-state index contributed by atoms with van der Waals surface area (Å²) in [5.41, 5.74) is 3.34. The van der Waals surface area contributed by atoms with E-state index in [0.717, 1.165) is 71.4 Å². The van der Waals surface area contributed by atoms with Gasteiger partial charge in [-0.1, -0.05) is 17.7 Å². The number of rotatable bonds is 13. The second-order valence-corrected chi connectivity index (χ2v) is 17.1. The van der Waals surface area contributed by atoms with Crippen molar-refractivity contribution in [1.29, 1.82) is 5.26 Å². The van der Waals surface area contributed by atoms with Crippen LogP contribution in [0.3, 0.4) is 0 Å². The zero-order valence-electron chi connectivity index (χ0n) is 34.6. The van der Waals surface area contributed by atoms with Gasteiger partial charge in [0.25, 0.3) is 12.0 Å². The minimum Gasteiger partial charge on any atom is -0.351 e. The number of piperidine rings is 2. The molecule has 5 heterocycles. The molecule has 61 heavy (non-hydrogen) atoms. The first-order chi connectivity index (χ1) is 29.4. The van der Waals surface area contributed by atoms with Crippen molar-refractivity contribution in [2.24, 2.45) is 14.1 Å². The van der Waals surface area contributed by atoms with Gasteiger partial charge in [0, 0.05) is 76.8 Å². The number of nitrogens with one attached hydrogen (secondary N) is 2. The molecule has 2 N–H and O–H groups in total. The fourth-order valence-corrected chi connectivity index (χ4v) is 9.54. The van der Waals surface area contributed by atoms with Crippen LogP contribution in [-0.4, -0.2) is 102 Å². The number of aryl methyl sites for hydroxylation is 2. The van der Waals surface area contributed by atoms with Crippen molar-refractivity contribution in [2.45, 2.75) is 62.3 Å². The SMILES string of the molecule is CNC(=O)N(CCC=O)c1nn(C)c2cc(C3CCN(C/C(C)=C/c4cc(S(=O)N5CCC(Nc6ncc7cc(C(F)F)c(=O)n(C)c7n6)CC5)ccc4C#N)CC3)ccc12. The molecular weight excluding hydrogens is 805 g/mol. The third-order valence-corrected chi connectivity index (χ3v) is 13.0. The predicted octanol–water partition coefficient (Wildman–Crippen LogP) is 5.64. The van der Waals surface area contributed by atoms with E-state index in [2.05, 4.69) is 55.7 Å². The number of anilines is 2. The molecule has 2 aliphatic heterocycles. The highest BCUT2D eigenvalue weighted by Crippen LogP contribution is 2.34. The van der Waals surface area contributed by atoms with Crippen molar-refractivity contribution < 1.29 is 22.6 Å². The number of pyridine rings is 1. The van der Waals surface area contributed by atoms with E-state index in [4.69, 9.17) is 0 Å². The van der Waals surface area contributed by atoms with E-state index < -0.39 is 28.5 Å². The molecule has 0 spiro atoms. The van der Waals surface area contributed by atoms with Crippen LogP contribution >= 0.6 is 0 Å². The summed E-state index contributed by atoms with van der Waals surface area (Å²) in [6.07, 6.45) is 4.78. The first kappa shape index (κ1) is 43.2. The predicted molar refractivity (Wildman–Crippen MR) is 231 cm³/mol. The highest BCUT2D eigenvalue weighted by atomic mass is 32.2. The molecule has 3 aromatic heterocycles. The van der Waals surface area contributed by atoms with E-state index in [0.29, 0.717) is 53.5 Å². The van der Waals surface area contributed by atoms with Crippen molar-refractivity contribution >= 4 is 63.1 Å². The minimum atomic E-state index is -2.90. The number of hydrogen-bond acceptors (Lipinski definition) is 10. The molecule has 7 rings (SSSR count). The summed E-state index contributed by atoms with van der Waals surface area (Å²) in [6.45, 7) is 5.89. The molecule has 2 aliphatic rings. The Bertz CT molecular complexity index is 2610. The second-order valence-electron chi connectivity index (χ2n) is 15.6. The summed E-state index contributed by atoms with van der Waals surface area (Å²) in [6, 6.07) is 14.7. The quantitative estimate of drug-likeness (QED) is 0.141. The number of aromatic nitrogens is 5. The number of urea groups is 1. The molecule has 2 fully saturated rings. The van der Waals surface area contributed by atoms with E-state index in [1.165, 1.54) is 23.7 Å². The Hall–Kier alpha value is -5.90. The first-order valence-electron chi connectivity index (χ1n) is 20.3. The number of benzene rings is 2. The minimum absolute atomic E-state index is 0.0264. The van der Waals surface area contributed by atoms with Gasteiger partial charge in [-0.05, 0) is 99.1 Å². The van der Waals surface area contributed by atoms with Crippen LogP contribution in [0.25, 0.3) is 28.0 Å². The zero-order chi connectivity index (χ0) is 43.4. The monoisotopic (exact) mass is 853 g/mol. The Balaban J connectivity index is 0.946. The van der Waals surface area contributed by atoms with E-state index in [9.17, 15) is 32.6 Å². The maximum atomic E-state index is 13.8. The molecule has 2 amide bonds. The Morgan fingerprint density at radius 1 is 1.08 bits per heavy atom. The highest BCUT2D eigenvalue weighted by Gasteiger charge is 2.27. The highest BCUT2D eigenvalue weighted by molar-refractivity contribution is 7.82. The van der Waals surface area contributed by atoms with E-state index >= 15 is 0 Å². The van der Waals surface area contributed by atoms with Crippen LogP contribution < -0.4 is 21.1 Å². The first-order valence-corrected chi connectivity index (χ1v) is 21.4. The normalized spacial score (nSPS) is 16.5. The summed E-state index contributed by atoms with van der Waals surface area (Å²) < 4.78 is 45.3. The van der Waals surface area contributed by atoms with Gasteiger partial charge in [-0.15, -0.1) is 0 Å². The number of fused-ring (bicyclic) bond motifs is 2. The number of hydrogen-bond donors (Lipinski definition) is 2. The van der Waals surface area contributed by atoms with Crippen LogP contribution in [0.1, 0.15) is 73.6 Å². The number of carbonyl (C=O) groups is 2. The molecule has 15 nitrogen and oxygen atoms in total. The van der Waals surface area contributed by atoms with Crippen LogP contribution in [0, 0.1) is 11.3 Å². The Morgan fingerprint density at radius 3 is 2.52 bits per heavy atom. The van der Waals surface area contributed by atoms with Crippen LogP contribution in [-0.2, 0) is 29.9 Å². The van der Waals surface area contributed by atoms with Gasteiger partial charge < -0.3 is 15.4 Å². The van der Waals surface area contributed by atoms with Gasteiger partial charge in [-0.25, -0.2) is 27.1 Å². The molecule has 320 valence electrons. The van der Waals surface area contributed by atoms with Crippen LogP contribution in [0.15, 0.2) is 63.9 Å². The number of likely N-dealkylation sites (tertiary alicyclic amines) is 1. The van der Waals surface area contributed by atoms with Gasteiger partial charge in [0.1, 0.15) is 22.9 Å². The van der Waals surface area contributed by atoms with E-state index in [1.54, 1.807) is 23.9 Å². The van der Waals surface area contributed by atoms with Gasteiger partial charge in [-0.3, -0.25) is 23.8 Å². The van der Waals surface area contributed by atoms with E-state index in [-0.39, 0.29) is 36.6 Å².